The number of hydrogen-bond acceptors (Lipinski definition) is 6. The molecule has 2 fully saturated rings. The highest BCUT2D eigenvalue weighted by atomic mass is 19.4. The van der Waals surface area contributed by atoms with Gasteiger partial charge >= 0.3 is 6.18 Å². The van der Waals surface area contributed by atoms with E-state index >= 15 is 0 Å². The number of carbonyl (C=O) groups is 4. The van der Waals surface area contributed by atoms with Crippen LogP contribution in [0.3, 0.4) is 0 Å². The van der Waals surface area contributed by atoms with E-state index in [1.165, 1.54) is 18.2 Å². The smallest absolute Gasteiger partial charge is 0.317 e. The molecular weight excluding hydrogens is 441 g/mol. The van der Waals surface area contributed by atoms with Gasteiger partial charge in [-0.2, -0.15) is 13.2 Å². The highest BCUT2D eigenvalue weighted by Gasteiger charge is 2.46. The molecule has 2 saturated heterocycles. The van der Waals surface area contributed by atoms with Crippen LogP contribution in [0, 0.1) is 5.92 Å². The van der Waals surface area contributed by atoms with Crippen LogP contribution in [-0.2, 0) is 16.1 Å². The van der Waals surface area contributed by atoms with Crippen molar-refractivity contribution >= 4 is 23.6 Å². The van der Waals surface area contributed by atoms with E-state index in [1.54, 1.807) is 0 Å². The SMILES string of the molecule is O=C1CCC(N2C(=O)c3cccc(CNC(CC4CCNCC4)C(F)(F)F)c3C2=O)C(=O)N1. The van der Waals surface area contributed by atoms with Gasteiger partial charge in [0.05, 0.1) is 11.1 Å². The third kappa shape index (κ3) is 4.79. The number of fused-ring (bicyclic) bond motifs is 1. The Morgan fingerprint density at radius 1 is 1.06 bits per heavy atom. The monoisotopic (exact) mass is 466 g/mol. The molecule has 1 aromatic carbocycles. The Labute approximate surface area is 188 Å². The third-order valence-corrected chi connectivity index (χ3v) is 6.52. The van der Waals surface area contributed by atoms with E-state index in [0.717, 1.165) is 4.90 Å². The summed E-state index contributed by atoms with van der Waals surface area (Å²) in [5.41, 5.74) is 0.314. The van der Waals surface area contributed by atoms with Crippen LogP contribution >= 0.6 is 0 Å². The van der Waals surface area contributed by atoms with Crippen molar-refractivity contribution in [3.8, 4) is 0 Å². The summed E-state index contributed by atoms with van der Waals surface area (Å²) in [7, 11) is 0. The van der Waals surface area contributed by atoms with Gasteiger partial charge in [-0.05, 0) is 56.3 Å². The fraction of sp³-hybridized carbons (Fsp3) is 0.545. The molecule has 178 valence electrons. The van der Waals surface area contributed by atoms with Crippen molar-refractivity contribution in [1.29, 1.82) is 0 Å². The Hall–Kier alpha value is -2.79. The van der Waals surface area contributed by atoms with Crippen molar-refractivity contribution in [2.75, 3.05) is 13.1 Å². The Kier molecular flexibility index (Phi) is 6.53. The van der Waals surface area contributed by atoms with Gasteiger partial charge in [0, 0.05) is 13.0 Å². The van der Waals surface area contributed by atoms with Crippen molar-refractivity contribution in [2.24, 2.45) is 5.92 Å². The number of nitrogens with zero attached hydrogens (tertiary/aromatic N) is 1. The molecule has 0 aromatic heterocycles. The molecule has 11 heteroatoms. The summed E-state index contributed by atoms with van der Waals surface area (Å²) in [6.45, 7) is 1.13. The van der Waals surface area contributed by atoms with E-state index in [2.05, 4.69) is 16.0 Å². The maximum absolute atomic E-state index is 13.7. The maximum atomic E-state index is 13.7. The van der Waals surface area contributed by atoms with Gasteiger partial charge in [0.15, 0.2) is 0 Å². The molecule has 3 N–H and O–H groups in total. The summed E-state index contributed by atoms with van der Waals surface area (Å²) in [5, 5.41) is 7.80. The average Bonchev–Trinajstić information content (AvgIpc) is 3.02. The predicted molar refractivity (Wildman–Crippen MR) is 110 cm³/mol. The van der Waals surface area contributed by atoms with Gasteiger partial charge in [0.1, 0.15) is 12.1 Å². The number of piperidine rings is 2. The zero-order valence-electron chi connectivity index (χ0n) is 17.8. The maximum Gasteiger partial charge on any atom is 0.403 e. The zero-order chi connectivity index (χ0) is 23.8. The fourth-order valence-corrected chi connectivity index (χ4v) is 4.75. The molecule has 33 heavy (non-hydrogen) atoms. The first-order valence-corrected chi connectivity index (χ1v) is 11.0. The number of halogens is 3. The lowest BCUT2D eigenvalue weighted by atomic mass is 9.90. The van der Waals surface area contributed by atoms with Crippen molar-refractivity contribution in [1.82, 2.24) is 20.9 Å². The Balaban J connectivity index is 1.52. The quantitative estimate of drug-likeness (QED) is 0.549. The van der Waals surface area contributed by atoms with E-state index < -0.39 is 41.9 Å². The molecule has 0 spiro atoms. The number of hydrogen-bond donors (Lipinski definition) is 3. The minimum absolute atomic E-state index is 0.00231. The second kappa shape index (κ2) is 9.22. The lowest BCUT2D eigenvalue weighted by Gasteiger charge is -2.29. The highest BCUT2D eigenvalue weighted by molar-refractivity contribution is 6.24. The van der Waals surface area contributed by atoms with E-state index in [-0.39, 0.29) is 48.4 Å². The van der Waals surface area contributed by atoms with Crippen LogP contribution in [0.15, 0.2) is 18.2 Å². The first-order valence-electron chi connectivity index (χ1n) is 11.0. The molecule has 0 saturated carbocycles. The van der Waals surface area contributed by atoms with Gasteiger partial charge in [-0.15, -0.1) is 0 Å². The summed E-state index contributed by atoms with van der Waals surface area (Å²) in [5.74, 6) is -2.69. The number of rotatable bonds is 6. The fourth-order valence-electron chi connectivity index (χ4n) is 4.75. The molecular formula is C22H25F3N4O4. The Morgan fingerprint density at radius 3 is 2.45 bits per heavy atom. The predicted octanol–water partition coefficient (Wildman–Crippen LogP) is 1.50. The molecule has 0 bridgehead atoms. The number of nitrogens with one attached hydrogen (secondary N) is 3. The number of alkyl halides is 3. The molecule has 3 aliphatic heterocycles. The van der Waals surface area contributed by atoms with Crippen molar-refractivity contribution < 1.29 is 32.3 Å². The largest absolute Gasteiger partial charge is 0.403 e. The highest BCUT2D eigenvalue weighted by Crippen LogP contribution is 2.32. The molecule has 0 aliphatic carbocycles. The standard InChI is InChI=1S/C22H25F3N4O4/c23-22(24,25)16(10-12-6-8-26-9-7-12)27-11-13-2-1-3-14-18(13)21(33)29(20(14)32)15-4-5-17(30)28-19(15)31/h1-3,12,15-16,26-27H,4-11H2,(H,28,30,31). The lowest BCUT2D eigenvalue weighted by molar-refractivity contribution is -0.160. The minimum atomic E-state index is -4.46. The van der Waals surface area contributed by atoms with Crippen LogP contribution in [0.4, 0.5) is 13.2 Å². The van der Waals surface area contributed by atoms with Gasteiger partial charge in [-0.3, -0.25) is 29.4 Å². The molecule has 1 aromatic rings. The van der Waals surface area contributed by atoms with E-state index in [0.29, 0.717) is 25.9 Å². The molecule has 4 amide bonds. The van der Waals surface area contributed by atoms with Crippen LogP contribution in [0.2, 0.25) is 0 Å². The van der Waals surface area contributed by atoms with Crippen LogP contribution in [-0.4, -0.2) is 59.9 Å². The number of benzene rings is 1. The second-order valence-electron chi connectivity index (χ2n) is 8.69. The van der Waals surface area contributed by atoms with Gasteiger partial charge in [0.2, 0.25) is 11.8 Å². The second-order valence-corrected chi connectivity index (χ2v) is 8.69. The van der Waals surface area contributed by atoms with E-state index in [4.69, 9.17) is 0 Å². The Morgan fingerprint density at radius 2 is 1.79 bits per heavy atom. The van der Waals surface area contributed by atoms with Gasteiger partial charge in [0.25, 0.3) is 11.8 Å². The van der Waals surface area contributed by atoms with Crippen LogP contribution in [0.5, 0.6) is 0 Å². The van der Waals surface area contributed by atoms with Gasteiger partial charge in [-0.25, -0.2) is 0 Å². The minimum Gasteiger partial charge on any atom is -0.317 e. The summed E-state index contributed by atoms with van der Waals surface area (Å²) in [6.07, 6.45) is -3.18. The summed E-state index contributed by atoms with van der Waals surface area (Å²) >= 11 is 0. The van der Waals surface area contributed by atoms with Gasteiger partial charge in [-0.1, -0.05) is 12.1 Å². The summed E-state index contributed by atoms with van der Waals surface area (Å²) in [4.78, 5) is 50.4. The molecule has 2 atom stereocenters. The number of carbonyl (C=O) groups excluding carboxylic acids is 4. The van der Waals surface area contributed by atoms with E-state index in [1.807, 2.05) is 0 Å². The van der Waals surface area contributed by atoms with Crippen molar-refractivity contribution in [3.05, 3.63) is 34.9 Å². The van der Waals surface area contributed by atoms with Crippen LogP contribution in [0.25, 0.3) is 0 Å². The van der Waals surface area contributed by atoms with E-state index in [9.17, 15) is 32.3 Å². The zero-order valence-corrected chi connectivity index (χ0v) is 17.8. The van der Waals surface area contributed by atoms with Crippen molar-refractivity contribution in [2.45, 2.75) is 56.9 Å². The average molecular weight is 466 g/mol. The van der Waals surface area contributed by atoms with Crippen molar-refractivity contribution in [3.63, 3.8) is 0 Å². The summed E-state index contributed by atoms with van der Waals surface area (Å²) in [6, 6.07) is 1.56. The topological polar surface area (TPSA) is 108 Å². The normalized spacial score (nSPS) is 23.0. The molecule has 2 unspecified atom stereocenters. The molecule has 8 nitrogen and oxygen atoms in total. The molecule has 4 rings (SSSR count). The molecule has 3 heterocycles. The number of amides is 4. The molecule has 0 radical (unpaired) electrons. The first kappa shape index (κ1) is 23.4. The number of imide groups is 2. The van der Waals surface area contributed by atoms with Crippen LogP contribution < -0.4 is 16.0 Å². The van der Waals surface area contributed by atoms with Gasteiger partial charge < -0.3 is 10.6 Å². The summed E-state index contributed by atoms with van der Waals surface area (Å²) < 4.78 is 41.1. The molecule has 3 aliphatic rings. The first-order chi connectivity index (χ1) is 15.7. The Bertz CT molecular complexity index is 975. The van der Waals surface area contributed by atoms with Crippen LogP contribution in [0.1, 0.15) is 58.4 Å². The third-order valence-electron chi connectivity index (χ3n) is 6.52. The lowest BCUT2D eigenvalue weighted by Crippen LogP contribution is -2.54.